The van der Waals surface area contributed by atoms with Crippen molar-refractivity contribution >= 4 is 10.9 Å². The highest BCUT2D eigenvalue weighted by molar-refractivity contribution is 5.90. The monoisotopic (exact) mass is 274 g/mol. The average molecular weight is 274 g/mol. The van der Waals surface area contributed by atoms with Gasteiger partial charge in [-0.15, -0.1) is 0 Å². The normalized spacial score (nSPS) is 15.7. The van der Waals surface area contributed by atoms with Crippen molar-refractivity contribution in [1.29, 1.82) is 0 Å². The summed E-state index contributed by atoms with van der Waals surface area (Å²) in [6.07, 6.45) is 4.58. The number of H-pyrrole nitrogens is 1. The number of nitrogens with one attached hydrogen (secondary N) is 1. The summed E-state index contributed by atoms with van der Waals surface area (Å²) < 4.78 is 10.8. The maximum atomic E-state index is 11.8. The van der Waals surface area contributed by atoms with Crippen molar-refractivity contribution in [3.8, 4) is 11.5 Å². The molecule has 1 heterocycles. The van der Waals surface area contributed by atoms with Crippen LogP contribution in [-0.4, -0.2) is 24.2 Å². The van der Waals surface area contributed by atoms with Crippen molar-refractivity contribution in [3.05, 3.63) is 28.3 Å². The van der Waals surface area contributed by atoms with Crippen LogP contribution >= 0.6 is 0 Å². The van der Waals surface area contributed by atoms with Crippen LogP contribution in [0.5, 0.6) is 11.5 Å². The van der Waals surface area contributed by atoms with E-state index in [1.54, 1.807) is 20.3 Å². The molecule has 0 radical (unpaired) electrons. The quantitative estimate of drug-likeness (QED) is 0.934. The molecule has 1 aliphatic carbocycles. The lowest BCUT2D eigenvalue weighted by molar-refractivity contribution is 0.358. The molecular formula is C15H18N2O3. The average Bonchev–Trinajstić information content (AvgIpc) is 2.99. The Morgan fingerprint density at radius 1 is 1.20 bits per heavy atom. The van der Waals surface area contributed by atoms with Gasteiger partial charge in [0.05, 0.1) is 25.1 Å². The van der Waals surface area contributed by atoms with Crippen molar-refractivity contribution in [2.75, 3.05) is 14.2 Å². The molecule has 0 amide bonds. The molecule has 20 heavy (non-hydrogen) atoms. The molecule has 2 aromatic rings. The van der Waals surface area contributed by atoms with Crippen LogP contribution in [0.2, 0.25) is 0 Å². The maximum absolute atomic E-state index is 11.8. The van der Waals surface area contributed by atoms with Gasteiger partial charge in [0.15, 0.2) is 11.5 Å². The number of nitrogens with zero attached hydrogens (tertiary/aromatic N) is 1. The fraction of sp³-hybridized carbons (Fsp3) is 0.467. The molecule has 1 aromatic heterocycles. The second-order valence-corrected chi connectivity index (χ2v) is 5.13. The van der Waals surface area contributed by atoms with E-state index in [9.17, 15) is 4.79 Å². The van der Waals surface area contributed by atoms with Crippen LogP contribution in [-0.2, 0) is 0 Å². The predicted octanol–water partition coefficient (Wildman–Crippen LogP) is 2.60. The van der Waals surface area contributed by atoms with Crippen LogP contribution in [0.1, 0.15) is 37.3 Å². The van der Waals surface area contributed by atoms with Gasteiger partial charge in [-0.05, 0) is 30.9 Å². The van der Waals surface area contributed by atoms with E-state index in [0.29, 0.717) is 22.9 Å². The minimum absolute atomic E-state index is 0.299. The number of fused-ring (bicyclic) bond motifs is 1. The van der Waals surface area contributed by atoms with Gasteiger partial charge in [-0.1, -0.05) is 12.8 Å². The Labute approximate surface area is 116 Å². The first kappa shape index (κ1) is 13.0. The number of ether oxygens (including phenoxy) is 2. The summed E-state index contributed by atoms with van der Waals surface area (Å²) in [6, 6.07) is 3.59. The standard InChI is InChI=1S/C15H18N2O3/c1-19-11-8-7-10-12(14(11)20-2)13(17-15(18)16-10)9-5-3-4-6-9/h7-9H,3-6H2,1-2H3,(H,16,17,18). The van der Waals surface area contributed by atoms with Gasteiger partial charge in [-0.3, -0.25) is 0 Å². The molecule has 1 aliphatic rings. The highest BCUT2D eigenvalue weighted by atomic mass is 16.5. The molecule has 3 rings (SSSR count). The van der Waals surface area contributed by atoms with Crippen molar-refractivity contribution in [2.24, 2.45) is 0 Å². The van der Waals surface area contributed by atoms with E-state index in [0.717, 1.165) is 23.9 Å². The number of aromatic nitrogens is 2. The smallest absolute Gasteiger partial charge is 0.345 e. The van der Waals surface area contributed by atoms with Gasteiger partial charge in [-0.2, -0.15) is 4.98 Å². The molecular weight excluding hydrogens is 256 g/mol. The lowest BCUT2D eigenvalue weighted by Crippen LogP contribution is -2.15. The van der Waals surface area contributed by atoms with E-state index < -0.39 is 0 Å². The highest BCUT2D eigenvalue weighted by Crippen LogP contribution is 2.41. The molecule has 0 atom stereocenters. The van der Waals surface area contributed by atoms with E-state index in [1.165, 1.54) is 12.8 Å². The van der Waals surface area contributed by atoms with E-state index >= 15 is 0 Å². The fourth-order valence-electron chi connectivity index (χ4n) is 3.11. The van der Waals surface area contributed by atoms with Gasteiger partial charge in [0.1, 0.15) is 0 Å². The minimum Gasteiger partial charge on any atom is -0.493 e. The van der Waals surface area contributed by atoms with E-state index in [-0.39, 0.29) is 5.69 Å². The largest absolute Gasteiger partial charge is 0.493 e. The Kier molecular flexibility index (Phi) is 3.34. The Bertz CT molecular complexity index is 687. The Hall–Kier alpha value is -2.04. The minimum atomic E-state index is -0.299. The molecule has 1 fully saturated rings. The summed E-state index contributed by atoms with van der Waals surface area (Å²) in [6.45, 7) is 0. The first-order chi connectivity index (χ1) is 9.74. The summed E-state index contributed by atoms with van der Waals surface area (Å²) in [4.78, 5) is 18.7. The second-order valence-electron chi connectivity index (χ2n) is 5.13. The molecule has 5 nitrogen and oxygen atoms in total. The van der Waals surface area contributed by atoms with Crippen molar-refractivity contribution < 1.29 is 9.47 Å². The first-order valence-corrected chi connectivity index (χ1v) is 6.89. The van der Waals surface area contributed by atoms with Gasteiger partial charge in [0.25, 0.3) is 0 Å². The number of methoxy groups -OCH3 is 2. The third-order valence-electron chi connectivity index (χ3n) is 4.02. The summed E-state index contributed by atoms with van der Waals surface area (Å²) in [5, 5.41) is 0.873. The second kappa shape index (κ2) is 5.15. The van der Waals surface area contributed by atoms with Crippen LogP contribution in [0.3, 0.4) is 0 Å². The molecule has 5 heteroatoms. The van der Waals surface area contributed by atoms with Crippen LogP contribution in [0.25, 0.3) is 10.9 Å². The lowest BCUT2D eigenvalue weighted by atomic mass is 9.98. The molecule has 0 saturated heterocycles. The van der Waals surface area contributed by atoms with Gasteiger partial charge < -0.3 is 14.5 Å². The number of rotatable bonds is 3. The third-order valence-corrected chi connectivity index (χ3v) is 4.02. The Morgan fingerprint density at radius 3 is 2.60 bits per heavy atom. The molecule has 106 valence electrons. The van der Waals surface area contributed by atoms with E-state index in [4.69, 9.17) is 9.47 Å². The molecule has 1 N–H and O–H groups in total. The van der Waals surface area contributed by atoms with E-state index in [1.807, 2.05) is 6.07 Å². The fourth-order valence-corrected chi connectivity index (χ4v) is 3.11. The number of hydrogen-bond donors (Lipinski definition) is 1. The molecule has 0 aliphatic heterocycles. The zero-order valence-corrected chi connectivity index (χ0v) is 11.7. The van der Waals surface area contributed by atoms with Crippen LogP contribution in [0, 0.1) is 0 Å². The molecule has 0 spiro atoms. The highest BCUT2D eigenvalue weighted by Gasteiger charge is 2.24. The SMILES string of the molecule is COc1ccc2nc(=O)[nH]c(C3CCCC3)c2c1OC. The lowest BCUT2D eigenvalue weighted by Gasteiger charge is -2.16. The zero-order chi connectivity index (χ0) is 14.1. The van der Waals surface area contributed by atoms with Crippen molar-refractivity contribution in [2.45, 2.75) is 31.6 Å². The molecule has 1 aromatic carbocycles. The Morgan fingerprint density at radius 2 is 1.95 bits per heavy atom. The number of benzene rings is 1. The Balaban J connectivity index is 2.33. The topological polar surface area (TPSA) is 64.2 Å². The summed E-state index contributed by atoms with van der Waals surface area (Å²) in [5.74, 6) is 1.68. The maximum Gasteiger partial charge on any atom is 0.345 e. The molecule has 0 bridgehead atoms. The van der Waals surface area contributed by atoms with Gasteiger partial charge in [0, 0.05) is 5.69 Å². The van der Waals surface area contributed by atoms with Crippen LogP contribution in [0.15, 0.2) is 16.9 Å². The third kappa shape index (κ3) is 2.03. The predicted molar refractivity (Wildman–Crippen MR) is 76.7 cm³/mol. The van der Waals surface area contributed by atoms with Gasteiger partial charge in [-0.25, -0.2) is 4.79 Å². The van der Waals surface area contributed by atoms with Gasteiger partial charge in [0.2, 0.25) is 0 Å². The number of aromatic amines is 1. The molecule has 0 unspecified atom stereocenters. The van der Waals surface area contributed by atoms with Gasteiger partial charge >= 0.3 is 5.69 Å². The van der Waals surface area contributed by atoms with Crippen LogP contribution < -0.4 is 15.2 Å². The zero-order valence-electron chi connectivity index (χ0n) is 11.7. The summed E-state index contributed by atoms with van der Waals surface area (Å²) in [7, 11) is 3.22. The van der Waals surface area contributed by atoms with E-state index in [2.05, 4.69) is 9.97 Å². The molecule has 1 saturated carbocycles. The van der Waals surface area contributed by atoms with Crippen molar-refractivity contribution in [1.82, 2.24) is 9.97 Å². The number of hydrogen-bond acceptors (Lipinski definition) is 4. The van der Waals surface area contributed by atoms with Crippen LogP contribution in [0.4, 0.5) is 0 Å². The van der Waals surface area contributed by atoms with Crippen molar-refractivity contribution in [3.63, 3.8) is 0 Å². The summed E-state index contributed by atoms with van der Waals surface area (Å²) in [5.41, 5.74) is 1.30. The summed E-state index contributed by atoms with van der Waals surface area (Å²) >= 11 is 0. The first-order valence-electron chi connectivity index (χ1n) is 6.89.